The van der Waals surface area contributed by atoms with E-state index in [1.807, 2.05) is 29.2 Å². The number of amides is 1. The van der Waals surface area contributed by atoms with Gasteiger partial charge in [0.1, 0.15) is 5.75 Å². The molecule has 3 heterocycles. The fourth-order valence-electron chi connectivity index (χ4n) is 4.59. The van der Waals surface area contributed by atoms with Crippen molar-refractivity contribution in [3.63, 3.8) is 0 Å². The number of carbonyl (C=O) groups excluding carboxylic acids is 1. The van der Waals surface area contributed by atoms with Gasteiger partial charge in [-0.15, -0.1) is 0 Å². The molecule has 2 fully saturated rings. The van der Waals surface area contributed by atoms with E-state index in [2.05, 4.69) is 4.98 Å². The summed E-state index contributed by atoms with van der Waals surface area (Å²) in [5, 5.41) is 11.1. The van der Waals surface area contributed by atoms with Crippen molar-refractivity contribution >= 4 is 5.91 Å². The van der Waals surface area contributed by atoms with E-state index in [1.165, 1.54) is 6.20 Å². The number of hydrogen-bond donors (Lipinski definition) is 1. The molecule has 1 N–H and O–H groups in total. The van der Waals surface area contributed by atoms with Crippen molar-refractivity contribution in [2.24, 2.45) is 0 Å². The number of piperidine rings is 1. The van der Waals surface area contributed by atoms with Crippen LogP contribution in [0, 0.1) is 5.95 Å². The van der Waals surface area contributed by atoms with Crippen molar-refractivity contribution in [3.8, 4) is 5.75 Å². The summed E-state index contributed by atoms with van der Waals surface area (Å²) in [6.45, 7) is 0. The lowest BCUT2D eigenvalue weighted by molar-refractivity contribution is -0.141. The number of pyridine rings is 1. The molecule has 6 heteroatoms. The predicted octanol–water partition coefficient (Wildman–Crippen LogP) is 2.81. The smallest absolute Gasteiger partial charge is 0.227 e. The number of benzene rings is 1. The zero-order chi connectivity index (χ0) is 19.0. The summed E-state index contributed by atoms with van der Waals surface area (Å²) in [4.78, 5) is 18.5. The van der Waals surface area contributed by atoms with Crippen molar-refractivity contribution in [1.82, 2.24) is 9.88 Å². The Morgan fingerprint density at radius 1 is 1.26 bits per heavy atom. The Labute approximate surface area is 157 Å². The zero-order valence-corrected chi connectivity index (χ0v) is 15.3. The van der Waals surface area contributed by atoms with Gasteiger partial charge in [0.15, 0.2) is 0 Å². The Kier molecular flexibility index (Phi) is 4.60. The Bertz CT molecular complexity index is 826. The van der Waals surface area contributed by atoms with Crippen LogP contribution in [0.2, 0.25) is 0 Å². The highest BCUT2D eigenvalue weighted by molar-refractivity contribution is 5.80. The normalized spacial score (nSPS) is 26.9. The molecule has 2 bridgehead atoms. The van der Waals surface area contributed by atoms with E-state index in [0.717, 1.165) is 24.2 Å². The molecule has 2 saturated heterocycles. The van der Waals surface area contributed by atoms with E-state index in [-0.39, 0.29) is 23.6 Å². The fourth-order valence-corrected chi connectivity index (χ4v) is 4.59. The van der Waals surface area contributed by atoms with Crippen LogP contribution >= 0.6 is 0 Å². The quantitative estimate of drug-likeness (QED) is 0.841. The molecule has 0 aliphatic carbocycles. The van der Waals surface area contributed by atoms with Crippen LogP contribution in [0.3, 0.4) is 0 Å². The van der Waals surface area contributed by atoms with Gasteiger partial charge in [0.25, 0.3) is 0 Å². The molecule has 0 saturated carbocycles. The van der Waals surface area contributed by atoms with Gasteiger partial charge in [0, 0.05) is 36.7 Å². The Balaban J connectivity index is 1.50. The van der Waals surface area contributed by atoms with Crippen molar-refractivity contribution in [2.75, 3.05) is 7.11 Å². The van der Waals surface area contributed by atoms with Gasteiger partial charge in [-0.1, -0.05) is 18.2 Å². The molecule has 142 valence electrons. The second-order valence-electron chi connectivity index (χ2n) is 7.49. The molecule has 2 aliphatic rings. The van der Waals surface area contributed by atoms with E-state index in [0.29, 0.717) is 19.3 Å². The summed E-state index contributed by atoms with van der Waals surface area (Å²) in [7, 11) is 1.61. The number of aromatic nitrogens is 1. The van der Waals surface area contributed by atoms with E-state index in [9.17, 15) is 14.3 Å². The first-order chi connectivity index (χ1) is 13.0. The third-order valence-electron chi connectivity index (χ3n) is 5.83. The number of carbonyl (C=O) groups is 1. The molecule has 2 atom stereocenters. The number of hydrogen-bond acceptors (Lipinski definition) is 4. The number of fused-ring (bicyclic) bond motifs is 2. The summed E-state index contributed by atoms with van der Waals surface area (Å²) in [5.74, 6) is 0.187. The molecule has 27 heavy (non-hydrogen) atoms. The van der Waals surface area contributed by atoms with Crippen LogP contribution in [0.15, 0.2) is 42.6 Å². The third-order valence-corrected chi connectivity index (χ3v) is 5.83. The lowest BCUT2D eigenvalue weighted by Gasteiger charge is -2.44. The first kappa shape index (κ1) is 17.9. The van der Waals surface area contributed by atoms with Gasteiger partial charge in [-0.05, 0) is 36.6 Å². The lowest BCUT2D eigenvalue weighted by Crippen LogP contribution is -2.52. The minimum absolute atomic E-state index is 0.0568. The van der Waals surface area contributed by atoms with Gasteiger partial charge in [0.05, 0.1) is 19.1 Å². The van der Waals surface area contributed by atoms with Crippen molar-refractivity contribution in [1.29, 1.82) is 0 Å². The van der Waals surface area contributed by atoms with E-state index < -0.39 is 11.5 Å². The number of ether oxygens (including phenoxy) is 1. The summed E-state index contributed by atoms with van der Waals surface area (Å²) in [6.07, 6.45) is 4.06. The van der Waals surface area contributed by atoms with Gasteiger partial charge in [0.2, 0.25) is 11.9 Å². The standard InChI is InChI=1S/C21H23FN2O3/c1-27-17-8-4-14(5-9-17)11-19(25)24-15-6-7-16(24)13-21(26,12-15)18-3-2-10-23-20(18)22/h2-5,8-10,15-16,26H,6-7,11-13H2,1H3. The number of nitrogens with zero attached hydrogens (tertiary/aromatic N) is 2. The molecule has 4 rings (SSSR count). The maximum atomic E-state index is 14.1. The van der Waals surface area contributed by atoms with Crippen LogP contribution < -0.4 is 4.74 Å². The van der Waals surface area contributed by atoms with E-state index in [4.69, 9.17) is 4.74 Å². The van der Waals surface area contributed by atoms with Gasteiger partial charge >= 0.3 is 0 Å². The van der Waals surface area contributed by atoms with Crippen molar-refractivity contribution < 1.29 is 19.0 Å². The average Bonchev–Trinajstić information content (AvgIpc) is 2.95. The number of halogens is 1. The second-order valence-corrected chi connectivity index (χ2v) is 7.49. The average molecular weight is 370 g/mol. The number of methoxy groups -OCH3 is 1. The summed E-state index contributed by atoms with van der Waals surface area (Å²) < 4.78 is 19.3. The monoisotopic (exact) mass is 370 g/mol. The lowest BCUT2D eigenvalue weighted by atomic mass is 9.81. The van der Waals surface area contributed by atoms with Crippen molar-refractivity contribution in [3.05, 3.63) is 59.7 Å². The summed E-state index contributed by atoms with van der Waals surface area (Å²) in [5.41, 5.74) is -0.0929. The third kappa shape index (κ3) is 3.30. The molecular formula is C21H23FN2O3. The molecule has 2 aliphatic heterocycles. The van der Waals surface area contributed by atoms with Gasteiger partial charge < -0.3 is 14.7 Å². The molecule has 2 unspecified atom stereocenters. The van der Waals surface area contributed by atoms with Crippen LogP contribution in [0.4, 0.5) is 4.39 Å². The van der Waals surface area contributed by atoms with E-state index >= 15 is 0 Å². The minimum Gasteiger partial charge on any atom is -0.497 e. The van der Waals surface area contributed by atoms with Gasteiger partial charge in [-0.2, -0.15) is 4.39 Å². The molecule has 0 radical (unpaired) electrons. The topological polar surface area (TPSA) is 62.7 Å². The molecule has 0 spiro atoms. The number of rotatable bonds is 4. The Morgan fingerprint density at radius 3 is 2.52 bits per heavy atom. The molecular weight excluding hydrogens is 347 g/mol. The highest BCUT2D eigenvalue weighted by atomic mass is 19.1. The minimum atomic E-state index is -1.26. The van der Waals surface area contributed by atoms with E-state index in [1.54, 1.807) is 19.2 Å². The van der Waals surface area contributed by atoms with Crippen LogP contribution in [0.1, 0.15) is 36.8 Å². The SMILES string of the molecule is COc1ccc(CC(=O)N2C3CCC2CC(O)(c2cccnc2F)C3)cc1. The van der Waals surface area contributed by atoms with Crippen molar-refractivity contribution in [2.45, 2.75) is 49.8 Å². The summed E-state index contributed by atoms with van der Waals surface area (Å²) in [6, 6.07) is 10.6. The highest BCUT2D eigenvalue weighted by Crippen LogP contribution is 2.46. The highest BCUT2D eigenvalue weighted by Gasteiger charge is 2.50. The Hall–Kier alpha value is -2.47. The fraction of sp³-hybridized carbons (Fsp3) is 0.429. The largest absolute Gasteiger partial charge is 0.497 e. The molecule has 1 amide bonds. The molecule has 1 aromatic carbocycles. The maximum absolute atomic E-state index is 14.1. The predicted molar refractivity (Wildman–Crippen MR) is 97.7 cm³/mol. The first-order valence-electron chi connectivity index (χ1n) is 9.27. The maximum Gasteiger partial charge on any atom is 0.227 e. The zero-order valence-electron chi connectivity index (χ0n) is 15.3. The van der Waals surface area contributed by atoms with Crippen LogP contribution in [0.25, 0.3) is 0 Å². The van der Waals surface area contributed by atoms with Crippen LogP contribution in [-0.2, 0) is 16.8 Å². The number of aliphatic hydroxyl groups is 1. The van der Waals surface area contributed by atoms with Crippen LogP contribution in [-0.4, -0.2) is 40.1 Å². The summed E-state index contributed by atoms with van der Waals surface area (Å²) >= 11 is 0. The molecule has 1 aromatic heterocycles. The second kappa shape index (κ2) is 6.93. The van der Waals surface area contributed by atoms with Gasteiger partial charge in [-0.25, -0.2) is 4.98 Å². The molecule has 2 aromatic rings. The van der Waals surface area contributed by atoms with Crippen LogP contribution in [0.5, 0.6) is 5.75 Å². The Morgan fingerprint density at radius 2 is 1.93 bits per heavy atom. The first-order valence-corrected chi connectivity index (χ1v) is 9.27. The molecule has 5 nitrogen and oxygen atoms in total. The van der Waals surface area contributed by atoms with Gasteiger partial charge in [-0.3, -0.25) is 4.79 Å².